The van der Waals surface area contributed by atoms with E-state index >= 15 is 0 Å². The minimum atomic E-state index is -3.63. The molecule has 2 aromatic heterocycles. The average Bonchev–Trinajstić information content (AvgIpc) is 2.79. The molecule has 0 unspecified atom stereocenters. The van der Waals surface area contributed by atoms with Gasteiger partial charge in [0.25, 0.3) is 0 Å². The van der Waals surface area contributed by atoms with Crippen LogP contribution < -0.4 is 4.90 Å². The smallest absolute Gasteiger partial charge is 0.248 e. The van der Waals surface area contributed by atoms with Crippen molar-refractivity contribution in [3.05, 3.63) is 30.0 Å². The van der Waals surface area contributed by atoms with Crippen LogP contribution in [-0.2, 0) is 10.0 Å². The van der Waals surface area contributed by atoms with Crippen LogP contribution in [0.4, 0.5) is 5.82 Å². The van der Waals surface area contributed by atoms with Crippen molar-refractivity contribution in [1.82, 2.24) is 19.4 Å². The van der Waals surface area contributed by atoms with E-state index in [1.165, 1.54) is 0 Å². The highest BCUT2D eigenvalue weighted by Gasteiger charge is 2.43. The first-order valence-electron chi connectivity index (χ1n) is 8.42. The summed E-state index contributed by atoms with van der Waals surface area (Å²) in [5.41, 5.74) is 0.420. The molecule has 25 heavy (non-hydrogen) atoms. The van der Waals surface area contributed by atoms with Crippen LogP contribution in [0, 0.1) is 19.8 Å². The molecule has 134 valence electrons. The summed E-state index contributed by atoms with van der Waals surface area (Å²) in [6, 6.07) is -0.0838. The van der Waals surface area contributed by atoms with Crippen LogP contribution in [0.3, 0.4) is 0 Å². The van der Waals surface area contributed by atoms with Crippen molar-refractivity contribution in [3.8, 4) is 0 Å². The molecule has 0 amide bonds. The summed E-state index contributed by atoms with van der Waals surface area (Å²) in [7, 11) is -3.63. The molecule has 2 atom stereocenters. The summed E-state index contributed by atoms with van der Waals surface area (Å²) in [4.78, 5) is 10.9. The third-order valence-corrected chi connectivity index (χ3v) is 7.23. The van der Waals surface area contributed by atoms with Gasteiger partial charge in [-0.1, -0.05) is 5.16 Å². The van der Waals surface area contributed by atoms with E-state index in [2.05, 4.69) is 20.0 Å². The van der Waals surface area contributed by atoms with Gasteiger partial charge in [-0.25, -0.2) is 13.4 Å². The number of fused-ring (bicyclic) bond motifs is 4. The molecule has 2 bridgehead atoms. The van der Waals surface area contributed by atoms with Crippen LogP contribution in [0.25, 0.3) is 0 Å². The van der Waals surface area contributed by atoms with Crippen molar-refractivity contribution in [2.45, 2.75) is 37.6 Å². The zero-order chi connectivity index (χ0) is 17.6. The van der Waals surface area contributed by atoms with Gasteiger partial charge in [-0.2, -0.15) is 4.31 Å². The van der Waals surface area contributed by atoms with E-state index in [1.807, 2.05) is 0 Å². The van der Waals surface area contributed by atoms with E-state index in [1.54, 1.807) is 36.7 Å². The number of anilines is 1. The summed E-state index contributed by atoms with van der Waals surface area (Å²) in [6.45, 7) is 5.26. The lowest BCUT2D eigenvalue weighted by atomic mass is 9.97. The van der Waals surface area contributed by atoms with E-state index in [9.17, 15) is 8.42 Å². The molecule has 2 aromatic rings. The minimum absolute atomic E-state index is 0.0838. The Balaban J connectivity index is 1.67. The summed E-state index contributed by atoms with van der Waals surface area (Å²) < 4.78 is 33.2. The lowest BCUT2D eigenvalue weighted by Crippen LogP contribution is -2.47. The van der Waals surface area contributed by atoms with Crippen LogP contribution >= 0.6 is 0 Å². The zero-order valence-electron chi connectivity index (χ0n) is 14.3. The van der Waals surface area contributed by atoms with Crippen molar-refractivity contribution < 1.29 is 12.9 Å². The van der Waals surface area contributed by atoms with Gasteiger partial charge in [-0.15, -0.1) is 0 Å². The van der Waals surface area contributed by atoms with Crippen molar-refractivity contribution >= 4 is 15.8 Å². The van der Waals surface area contributed by atoms with E-state index in [0.717, 1.165) is 25.2 Å². The van der Waals surface area contributed by atoms with Crippen molar-refractivity contribution in [1.29, 1.82) is 0 Å². The van der Waals surface area contributed by atoms with Gasteiger partial charge in [0.05, 0.1) is 6.20 Å². The number of rotatable bonds is 3. The molecule has 0 N–H and O–H groups in total. The number of nitrogens with zero attached hydrogens (tertiary/aromatic N) is 5. The molecule has 5 heterocycles. The molecule has 0 spiro atoms. The lowest BCUT2D eigenvalue weighted by molar-refractivity contribution is 0.230. The van der Waals surface area contributed by atoms with Crippen molar-refractivity contribution in [2.24, 2.45) is 5.92 Å². The van der Waals surface area contributed by atoms with Crippen LogP contribution in [0.15, 0.2) is 28.0 Å². The summed E-state index contributed by atoms with van der Waals surface area (Å²) in [6.07, 6.45) is 6.92. The van der Waals surface area contributed by atoms with Gasteiger partial charge < -0.3 is 9.42 Å². The molecule has 3 aliphatic rings. The van der Waals surface area contributed by atoms with Gasteiger partial charge in [0.2, 0.25) is 10.0 Å². The van der Waals surface area contributed by atoms with Crippen LogP contribution in [0.1, 0.15) is 24.3 Å². The first-order chi connectivity index (χ1) is 12.0. The van der Waals surface area contributed by atoms with Crippen LogP contribution in [-0.4, -0.2) is 53.5 Å². The molecule has 5 rings (SSSR count). The summed E-state index contributed by atoms with van der Waals surface area (Å²) >= 11 is 0. The quantitative estimate of drug-likeness (QED) is 0.813. The summed E-state index contributed by atoms with van der Waals surface area (Å²) in [5, 5.41) is 3.82. The monoisotopic (exact) mass is 363 g/mol. The second kappa shape index (κ2) is 6.06. The Bertz CT molecular complexity index is 848. The SMILES string of the molecule is Cc1noc(C)c1S(=O)(=O)N1C[C@H]2CC[C@@H]1CN(c1cnccn1)C2. The second-order valence-electron chi connectivity index (χ2n) is 6.79. The Morgan fingerprint density at radius 2 is 2.00 bits per heavy atom. The van der Waals surface area contributed by atoms with E-state index in [-0.39, 0.29) is 16.9 Å². The topological polar surface area (TPSA) is 92.4 Å². The van der Waals surface area contributed by atoms with Crippen LogP contribution in [0.2, 0.25) is 0 Å². The molecule has 0 aromatic carbocycles. The molecule has 3 fully saturated rings. The maximum atomic E-state index is 13.3. The molecular weight excluding hydrogens is 342 g/mol. The maximum Gasteiger partial charge on any atom is 0.248 e. The standard InChI is InChI=1S/C16H21N5O3S/c1-11-16(12(2)24-19-11)25(22,23)21-9-13-3-4-14(21)10-20(8-13)15-7-17-5-6-18-15/h5-7,13-14H,3-4,8-10H2,1-2H3/t13-,14+/m0/s1. The number of hydrogen-bond donors (Lipinski definition) is 0. The van der Waals surface area contributed by atoms with Crippen LogP contribution in [0.5, 0.6) is 0 Å². The number of hydrogen-bond acceptors (Lipinski definition) is 7. The van der Waals surface area contributed by atoms with Gasteiger partial charge in [-0.3, -0.25) is 4.98 Å². The molecule has 0 saturated carbocycles. The molecule has 9 heteroatoms. The molecule has 8 nitrogen and oxygen atoms in total. The Morgan fingerprint density at radius 3 is 2.68 bits per heavy atom. The highest BCUT2D eigenvalue weighted by Crippen LogP contribution is 2.35. The Morgan fingerprint density at radius 1 is 1.16 bits per heavy atom. The molecular formula is C16H21N5O3S. The first kappa shape index (κ1) is 16.5. The van der Waals surface area contributed by atoms with E-state index in [4.69, 9.17) is 4.52 Å². The van der Waals surface area contributed by atoms with E-state index in [0.29, 0.717) is 24.5 Å². The average molecular weight is 363 g/mol. The highest BCUT2D eigenvalue weighted by molar-refractivity contribution is 7.89. The first-order valence-corrected chi connectivity index (χ1v) is 9.86. The molecule has 3 saturated heterocycles. The largest absolute Gasteiger partial charge is 0.360 e. The number of sulfonamides is 1. The Kier molecular flexibility index (Phi) is 3.99. The number of aryl methyl sites for hydroxylation is 2. The van der Waals surface area contributed by atoms with Gasteiger partial charge in [0.15, 0.2) is 5.76 Å². The zero-order valence-corrected chi connectivity index (χ0v) is 15.1. The predicted molar refractivity (Wildman–Crippen MR) is 90.6 cm³/mol. The fraction of sp³-hybridized carbons (Fsp3) is 0.562. The third kappa shape index (κ3) is 2.81. The van der Waals surface area contributed by atoms with Crippen molar-refractivity contribution in [2.75, 3.05) is 24.5 Å². The molecule has 0 radical (unpaired) electrons. The van der Waals surface area contributed by atoms with E-state index < -0.39 is 10.0 Å². The van der Waals surface area contributed by atoms with Gasteiger partial charge >= 0.3 is 0 Å². The highest BCUT2D eigenvalue weighted by atomic mass is 32.2. The maximum absolute atomic E-state index is 13.3. The Labute approximate surface area is 146 Å². The van der Waals surface area contributed by atoms with Gasteiger partial charge in [0, 0.05) is 38.1 Å². The Hall–Kier alpha value is -2.00. The second-order valence-corrected chi connectivity index (χ2v) is 8.62. The molecule has 0 aliphatic carbocycles. The number of aromatic nitrogens is 3. The fourth-order valence-corrected chi connectivity index (χ4v) is 5.95. The third-order valence-electron chi connectivity index (χ3n) is 5.07. The van der Waals surface area contributed by atoms with Gasteiger partial charge in [0.1, 0.15) is 16.4 Å². The lowest BCUT2D eigenvalue weighted by Gasteiger charge is -2.34. The fourth-order valence-electron chi connectivity index (χ4n) is 3.94. The van der Waals surface area contributed by atoms with Crippen molar-refractivity contribution in [3.63, 3.8) is 0 Å². The normalized spacial score (nSPS) is 24.5. The predicted octanol–water partition coefficient (Wildman–Crippen LogP) is 1.37. The summed E-state index contributed by atoms with van der Waals surface area (Å²) in [5.74, 6) is 1.43. The minimum Gasteiger partial charge on any atom is -0.360 e. The molecule has 3 aliphatic heterocycles. The number of piperidine rings is 1. The van der Waals surface area contributed by atoms with Gasteiger partial charge in [-0.05, 0) is 32.6 Å².